The van der Waals surface area contributed by atoms with Crippen molar-refractivity contribution < 1.29 is 15.0 Å². The molecule has 0 radical (unpaired) electrons. The Morgan fingerprint density at radius 1 is 1.05 bits per heavy atom. The molecule has 0 aliphatic rings. The molecule has 0 saturated heterocycles. The van der Waals surface area contributed by atoms with Crippen molar-refractivity contribution in [3.05, 3.63) is 60.2 Å². The Balaban J connectivity index is 2.06. The number of hydrogen-bond donors (Lipinski definition) is 2. The summed E-state index contributed by atoms with van der Waals surface area (Å²) in [4.78, 5) is 11.3. The summed E-state index contributed by atoms with van der Waals surface area (Å²) in [6, 6.07) is 15.2. The van der Waals surface area contributed by atoms with Crippen molar-refractivity contribution >= 4 is 11.7 Å². The van der Waals surface area contributed by atoms with E-state index in [0.717, 1.165) is 0 Å². The van der Waals surface area contributed by atoms with Crippen molar-refractivity contribution in [1.82, 2.24) is 0 Å². The number of phenolic OH excluding ortho intramolecular Hbond substituents is 1. The maximum Gasteiger partial charge on any atom is 0.312 e. The van der Waals surface area contributed by atoms with Crippen LogP contribution < -0.4 is 0 Å². The van der Waals surface area contributed by atoms with Gasteiger partial charge in [0.25, 0.3) is 0 Å². The van der Waals surface area contributed by atoms with Crippen LogP contribution in [-0.2, 0) is 4.79 Å². The first-order valence-electron chi connectivity index (χ1n) is 6.11. The average Bonchev–Trinajstić information content (AvgIpc) is 2.46. The molecule has 5 heteroatoms. The van der Waals surface area contributed by atoms with Gasteiger partial charge in [-0.15, -0.1) is 0 Å². The molecule has 0 aromatic heterocycles. The van der Waals surface area contributed by atoms with Crippen LogP contribution in [0, 0.1) is 0 Å². The standard InChI is InChI=1S/C15H14N2O3/c18-13-8-6-12(7-9-13)17-16-10-14(15(19)20)11-4-2-1-3-5-11/h1-9,14,18H,10H2,(H,19,20). The number of hydrogen-bond acceptors (Lipinski definition) is 4. The molecule has 2 N–H and O–H groups in total. The van der Waals surface area contributed by atoms with Gasteiger partial charge in [0.05, 0.1) is 12.2 Å². The zero-order chi connectivity index (χ0) is 14.4. The fourth-order valence-electron chi connectivity index (χ4n) is 1.73. The number of aliphatic carboxylic acids is 1. The summed E-state index contributed by atoms with van der Waals surface area (Å²) in [5.74, 6) is -1.49. The van der Waals surface area contributed by atoms with Crippen molar-refractivity contribution in [2.45, 2.75) is 5.92 Å². The van der Waals surface area contributed by atoms with Crippen molar-refractivity contribution in [3.8, 4) is 5.75 Å². The molecule has 20 heavy (non-hydrogen) atoms. The van der Waals surface area contributed by atoms with Crippen LogP contribution >= 0.6 is 0 Å². The molecule has 2 aromatic rings. The SMILES string of the molecule is O=C(O)C(CN=Nc1ccc(O)cc1)c1ccccc1. The van der Waals surface area contributed by atoms with Crippen molar-refractivity contribution in [2.24, 2.45) is 10.2 Å². The molecule has 0 aliphatic heterocycles. The first kappa shape index (κ1) is 13.7. The molecule has 0 aliphatic carbocycles. The number of benzene rings is 2. The molecule has 2 rings (SSSR count). The molecular weight excluding hydrogens is 256 g/mol. The summed E-state index contributed by atoms with van der Waals surface area (Å²) in [5.41, 5.74) is 1.27. The van der Waals surface area contributed by atoms with Gasteiger partial charge in [-0.05, 0) is 29.8 Å². The molecule has 0 saturated carbocycles. The van der Waals surface area contributed by atoms with Crippen LogP contribution in [-0.4, -0.2) is 22.7 Å². The summed E-state index contributed by atoms with van der Waals surface area (Å²) in [6.45, 7) is 0.0697. The van der Waals surface area contributed by atoms with Crippen molar-refractivity contribution in [3.63, 3.8) is 0 Å². The maximum atomic E-state index is 11.3. The predicted molar refractivity (Wildman–Crippen MR) is 74.3 cm³/mol. The third kappa shape index (κ3) is 3.65. The van der Waals surface area contributed by atoms with Gasteiger partial charge in [-0.2, -0.15) is 10.2 Å². The van der Waals surface area contributed by atoms with Crippen LogP contribution in [0.25, 0.3) is 0 Å². The Morgan fingerprint density at radius 2 is 1.70 bits per heavy atom. The Hall–Kier alpha value is -2.69. The number of nitrogens with zero attached hydrogens (tertiary/aromatic N) is 2. The molecule has 5 nitrogen and oxygen atoms in total. The number of rotatable bonds is 5. The van der Waals surface area contributed by atoms with E-state index in [0.29, 0.717) is 11.3 Å². The van der Waals surface area contributed by atoms with E-state index < -0.39 is 11.9 Å². The van der Waals surface area contributed by atoms with Gasteiger partial charge >= 0.3 is 5.97 Å². The topological polar surface area (TPSA) is 82.2 Å². The quantitative estimate of drug-likeness (QED) is 0.817. The molecule has 102 valence electrons. The van der Waals surface area contributed by atoms with Gasteiger partial charge in [-0.1, -0.05) is 30.3 Å². The lowest BCUT2D eigenvalue weighted by Gasteiger charge is -2.08. The summed E-state index contributed by atoms with van der Waals surface area (Å²) in [5, 5.41) is 26.2. The van der Waals surface area contributed by atoms with E-state index >= 15 is 0 Å². The Labute approximate surface area is 116 Å². The molecule has 0 heterocycles. The third-order valence-electron chi connectivity index (χ3n) is 2.80. The lowest BCUT2D eigenvalue weighted by molar-refractivity contribution is -0.138. The molecule has 1 atom stereocenters. The second-order valence-corrected chi connectivity index (χ2v) is 4.24. The highest BCUT2D eigenvalue weighted by molar-refractivity contribution is 5.76. The first-order valence-corrected chi connectivity index (χ1v) is 6.11. The van der Waals surface area contributed by atoms with E-state index in [2.05, 4.69) is 10.2 Å². The van der Waals surface area contributed by atoms with Crippen LogP contribution in [0.1, 0.15) is 11.5 Å². The number of phenols is 1. The fraction of sp³-hybridized carbons (Fsp3) is 0.133. The van der Waals surface area contributed by atoms with E-state index in [4.69, 9.17) is 5.11 Å². The largest absolute Gasteiger partial charge is 0.508 e. The summed E-state index contributed by atoms with van der Waals surface area (Å²) in [6.07, 6.45) is 0. The van der Waals surface area contributed by atoms with Gasteiger partial charge in [0.15, 0.2) is 0 Å². The smallest absolute Gasteiger partial charge is 0.312 e. The summed E-state index contributed by atoms with van der Waals surface area (Å²) < 4.78 is 0. The zero-order valence-electron chi connectivity index (χ0n) is 10.7. The number of carbonyl (C=O) groups is 1. The minimum Gasteiger partial charge on any atom is -0.508 e. The Bertz CT molecular complexity index is 594. The van der Waals surface area contributed by atoms with E-state index in [1.54, 1.807) is 36.4 Å². The second kappa shape index (κ2) is 6.47. The highest BCUT2D eigenvalue weighted by Crippen LogP contribution is 2.19. The van der Waals surface area contributed by atoms with Crippen molar-refractivity contribution in [1.29, 1.82) is 0 Å². The molecule has 0 bridgehead atoms. The van der Waals surface area contributed by atoms with Gasteiger partial charge in [-0.25, -0.2) is 0 Å². The molecule has 0 spiro atoms. The normalized spacial score (nSPS) is 12.4. The van der Waals surface area contributed by atoms with E-state index in [9.17, 15) is 9.90 Å². The number of carboxylic acids is 1. The van der Waals surface area contributed by atoms with E-state index in [1.807, 2.05) is 6.07 Å². The number of aromatic hydroxyl groups is 1. The van der Waals surface area contributed by atoms with Crippen LogP contribution in [0.5, 0.6) is 5.75 Å². The van der Waals surface area contributed by atoms with Gasteiger partial charge < -0.3 is 10.2 Å². The fourth-order valence-corrected chi connectivity index (χ4v) is 1.73. The lowest BCUT2D eigenvalue weighted by atomic mass is 10.00. The first-order chi connectivity index (χ1) is 9.66. The van der Waals surface area contributed by atoms with E-state index in [1.165, 1.54) is 12.1 Å². The van der Waals surface area contributed by atoms with Crippen LogP contribution in [0.15, 0.2) is 64.8 Å². The average molecular weight is 270 g/mol. The van der Waals surface area contributed by atoms with Crippen LogP contribution in [0.3, 0.4) is 0 Å². The van der Waals surface area contributed by atoms with Gasteiger partial charge in [0, 0.05) is 0 Å². The summed E-state index contributed by atoms with van der Waals surface area (Å²) in [7, 11) is 0. The Morgan fingerprint density at radius 3 is 2.30 bits per heavy atom. The second-order valence-electron chi connectivity index (χ2n) is 4.24. The van der Waals surface area contributed by atoms with Crippen molar-refractivity contribution in [2.75, 3.05) is 6.54 Å². The lowest BCUT2D eigenvalue weighted by Crippen LogP contribution is -2.14. The zero-order valence-corrected chi connectivity index (χ0v) is 10.7. The molecule has 1 unspecified atom stereocenters. The van der Waals surface area contributed by atoms with Gasteiger partial charge in [0.1, 0.15) is 11.7 Å². The minimum atomic E-state index is -0.930. The van der Waals surface area contributed by atoms with Crippen LogP contribution in [0.2, 0.25) is 0 Å². The monoisotopic (exact) mass is 270 g/mol. The number of azo groups is 1. The number of carboxylic acid groups (broad SMARTS) is 1. The minimum absolute atomic E-state index is 0.0697. The maximum absolute atomic E-state index is 11.3. The molecular formula is C15H14N2O3. The molecule has 2 aromatic carbocycles. The third-order valence-corrected chi connectivity index (χ3v) is 2.80. The highest BCUT2D eigenvalue weighted by Gasteiger charge is 2.18. The predicted octanol–water partition coefficient (Wildman–Crippen LogP) is 3.34. The summed E-state index contributed by atoms with van der Waals surface area (Å²) >= 11 is 0. The molecule has 0 fully saturated rings. The van der Waals surface area contributed by atoms with Crippen LogP contribution in [0.4, 0.5) is 5.69 Å². The van der Waals surface area contributed by atoms with E-state index in [-0.39, 0.29) is 12.3 Å². The van der Waals surface area contributed by atoms with Gasteiger partial charge in [-0.3, -0.25) is 4.79 Å². The Kier molecular flexibility index (Phi) is 4.44. The molecule has 0 amide bonds. The highest BCUT2D eigenvalue weighted by atomic mass is 16.4. The van der Waals surface area contributed by atoms with Gasteiger partial charge in [0.2, 0.25) is 0 Å².